The average molecular weight is 292 g/mol. The van der Waals surface area contributed by atoms with Gasteiger partial charge in [0, 0.05) is 6.42 Å². The third-order valence-corrected chi connectivity index (χ3v) is 4.61. The minimum Gasteiger partial charge on any atom is -0.384 e. The molecule has 0 spiro atoms. The number of amides is 2. The molecule has 20 heavy (non-hydrogen) atoms. The predicted octanol–water partition coefficient (Wildman–Crippen LogP) is 1.41. The summed E-state index contributed by atoms with van der Waals surface area (Å²) < 4.78 is 0. The molecule has 1 aliphatic heterocycles. The Morgan fingerprint density at radius 2 is 2.25 bits per heavy atom. The maximum atomic E-state index is 12.5. The molecule has 2 rings (SSSR count). The van der Waals surface area contributed by atoms with Gasteiger partial charge >= 0.3 is 0 Å². The van der Waals surface area contributed by atoms with Gasteiger partial charge in [-0.15, -0.1) is 0 Å². The van der Waals surface area contributed by atoms with Crippen LogP contribution in [0.1, 0.15) is 32.1 Å². The second kappa shape index (κ2) is 5.35. The van der Waals surface area contributed by atoms with Crippen molar-refractivity contribution in [1.29, 1.82) is 0 Å². The SMILES string of the molecule is CC(C)C1(C)CC(=O)N(c2ncc(C#CCO)s2)C1=O. The highest BCUT2D eigenvalue weighted by Crippen LogP contribution is 2.41. The van der Waals surface area contributed by atoms with Crippen LogP contribution >= 0.6 is 11.3 Å². The lowest BCUT2D eigenvalue weighted by Gasteiger charge is -2.25. The van der Waals surface area contributed by atoms with E-state index in [1.165, 1.54) is 17.5 Å². The molecule has 6 heteroatoms. The molecule has 1 saturated heterocycles. The average Bonchev–Trinajstić information content (AvgIpc) is 2.92. The fraction of sp³-hybridized carbons (Fsp3) is 0.500. The third kappa shape index (κ3) is 2.35. The van der Waals surface area contributed by atoms with Crippen LogP contribution < -0.4 is 4.90 Å². The molecule has 2 heterocycles. The van der Waals surface area contributed by atoms with Gasteiger partial charge in [-0.3, -0.25) is 9.59 Å². The molecule has 0 aliphatic carbocycles. The van der Waals surface area contributed by atoms with Crippen LogP contribution in [-0.4, -0.2) is 28.5 Å². The lowest BCUT2D eigenvalue weighted by molar-refractivity contribution is -0.126. The van der Waals surface area contributed by atoms with Gasteiger partial charge in [0.25, 0.3) is 0 Å². The first-order valence-electron chi connectivity index (χ1n) is 6.33. The smallest absolute Gasteiger partial charge is 0.242 e. The van der Waals surface area contributed by atoms with Crippen molar-refractivity contribution in [2.75, 3.05) is 11.5 Å². The van der Waals surface area contributed by atoms with Crippen molar-refractivity contribution < 1.29 is 14.7 Å². The molecule has 1 unspecified atom stereocenters. The maximum Gasteiger partial charge on any atom is 0.242 e. The minimum atomic E-state index is -0.667. The Kier molecular flexibility index (Phi) is 3.93. The van der Waals surface area contributed by atoms with Gasteiger partial charge in [-0.05, 0) is 12.8 Å². The van der Waals surface area contributed by atoms with E-state index < -0.39 is 5.41 Å². The zero-order chi connectivity index (χ0) is 14.9. The molecule has 1 aromatic heterocycles. The highest BCUT2D eigenvalue weighted by molar-refractivity contribution is 7.16. The highest BCUT2D eigenvalue weighted by Gasteiger charge is 2.51. The Labute approximate surface area is 121 Å². The fourth-order valence-corrected chi connectivity index (χ4v) is 2.84. The van der Waals surface area contributed by atoms with Crippen LogP contribution in [0.15, 0.2) is 6.20 Å². The van der Waals surface area contributed by atoms with Crippen LogP contribution in [0.5, 0.6) is 0 Å². The van der Waals surface area contributed by atoms with Crippen LogP contribution in [0.3, 0.4) is 0 Å². The molecule has 1 aliphatic rings. The van der Waals surface area contributed by atoms with Crippen molar-refractivity contribution in [3.05, 3.63) is 11.1 Å². The third-order valence-electron chi connectivity index (χ3n) is 3.71. The summed E-state index contributed by atoms with van der Waals surface area (Å²) in [5, 5.41) is 9.01. The lowest BCUT2D eigenvalue weighted by atomic mass is 9.78. The van der Waals surface area contributed by atoms with Gasteiger partial charge in [-0.2, -0.15) is 0 Å². The Morgan fingerprint density at radius 1 is 1.55 bits per heavy atom. The molecular formula is C14H16N2O3S. The highest BCUT2D eigenvalue weighted by atomic mass is 32.1. The summed E-state index contributed by atoms with van der Waals surface area (Å²) in [6, 6.07) is 0. The van der Waals surface area contributed by atoms with E-state index in [9.17, 15) is 9.59 Å². The molecule has 5 nitrogen and oxygen atoms in total. The first-order valence-corrected chi connectivity index (χ1v) is 7.14. The summed E-state index contributed by atoms with van der Waals surface area (Å²) in [5.74, 6) is 4.89. The molecule has 0 saturated carbocycles. The number of aromatic nitrogens is 1. The van der Waals surface area contributed by atoms with Crippen LogP contribution in [0.4, 0.5) is 5.13 Å². The van der Waals surface area contributed by atoms with E-state index in [-0.39, 0.29) is 30.8 Å². The molecule has 1 fully saturated rings. The normalized spacial score (nSPS) is 22.4. The number of hydrogen-bond donors (Lipinski definition) is 1. The molecule has 1 N–H and O–H groups in total. The zero-order valence-corrected chi connectivity index (χ0v) is 12.5. The second-order valence-corrected chi connectivity index (χ2v) is 6.26. The number of thiazole rings is 1. The molecule has 106 valence electrons. The van der Waals surface area contributed by atoms with E-state index >= 15 is 0 Å². The van der Waals surface area contributed by atoms with Crippen molar-refractivity contribution in [1.82, 2.24) is 4.98 Å². The van der Waals surface area contributed by atoms with Gasteiger partial charge in [0.2, 0.25) is 11.8 Å². The Morgan fingerprint density at radius 3 is 2.80 bits per heavy atom. The monoisotopic (exact) mass is 292 g/mol. The minimum absolute atomic E-state index is 0.0811. The van der Waals surface area contributed by atoms with E-state index in [1.54, 1.807) is 0 Å². The molecule has 1 aromatic rings. The first kappa shape index (κ1) is 14.7. The molecule has 2 amide bonds. The molecular weight excluding hydrogens is 276 g/mol. The van der Waals surface area contributed by atoms with Crippen LogP contribution in [0.2, 0.25) is 0 Å². The number of anilines is 1. The largest absolute Gasteiger partial charge is 0.384 e. The Balaban J connectivity index is 2.32. The van der Waals surface area contributed by atoms with E-state index in [2.05, 4.69) is 16.8 Å². The number of carbonyl (C=O) groups excluding carboxylic acids is 2. The standard InChI is InChI=1S/C14H16N2O3S/c1-9(2)14(3)7-11(18)16(12(14)19)13-15-8-10(20-13)5-4-6-17/h8-9,17H,6-7H2,1-3H3. The summed E-state index contributed by atoms with van der Waals surface area (Å²) in [5.41, 5.74) is -0.667. The van der Waals surface area contributed by atoms with Gasteiger partial charge in [0.15, 0.2) is 5.13 Å². The number of carbonyl (C=O) groups is 2. The van der Waals surface area contributed by atoms with E-state index in [4.69, 9.17) is 5.11 Å². The van der Waals surface area contributed by atoms with Gasteiger partial charge in [0.05, 0.1) is 16.5 Å². The molecule has 1 atom stereocenters. The number of imide groups is 1. The van der Waals surface area contributed by atoms with E-state index in [1.807, 2.05) is 20.8 Å². The number of hydrogen-bond acceptors (Lipinski definition) is 5. The van der Waals surface area contributed by atoms with Crippen LogP contribution in [0.25, 0.3) is 0 Å². The number of aliphatic hydroxyl groups is 1. The Bertz CT molecular complexity index is 611. The summed E-state index contributed by atoms with van der Waals surface area (Å²) in [7, 11) is 0. The number of rotatable bonds is 2. The summed E-state index contributed by atoms with van der Waals surface area (Å²) >= 11 is 1.18. The predicted molar refractivity (Wildman–Crippen MR) is 76.1 cm³/mol. The van der Waals surface area contributed by atoms with Crippen molar-refractivity contribution >= 4 is 28.3 Å². The van der Waals surface area contributed by atoms with Crippen molar-refractivity contribution in [3.63, 3.8) is 0 Å². The van der Waals surface area contributed by atoms with Crippen molar-refractivity contribution in [2.45, 2.75) is 27.2 Å². The van der Waals surface area contributed by atoms with E-state index in [0.717, 1.165) is 4.90 Å². The van der Waals surface area contributed by atoms with Gasteiger partial charge in [-0.1, -0.05) is 37.0 Å². The summed E-state index contributed by atoms with van der Waals surface area (Å²) in [6.07, 6.45) is 1.72. The summed E-state index contributed by atoms with van der Waals surface area (Å²) in [6.45, 7) is 5.46. The lowest BCUT2D eigenvalue weighted by Crippen LogP contribution is -2.36. The number of nitrogens with zero attached hydrogens (tertiary/aromatic N) is 2. The Hall–Kier alpha value is -1.71. The van der Waals surface area contributed by atoms with Crippen molar-refractivity contribution in [2.24, 2.45) is 11.3 Å². The summed E-state index contributed by atoms with van der Waals surface area (Å²) in [4.78, 5) is 30.5. The molecule has 0 aromatic carbocycles. The van der Waals surface area contributed by atoms with Gasteiger partial charge in [-0.25, -0.2) is 9.88 Å². The van der Waals surface area contributed by atoms with E-state index in [0.29, 0.717) is 10.0 Å². The maximum absolute atomic E-state index is 12.5. The fourth-order valence-electron chi connectivity index (χ4n) is 2.03. The van der Waals surface area contributed by atoms with Gasteiger partial charge < -0.3 is 5.11 Å². The van der Waals surface area contributed by atoms with Crippen LogP contribution in [-0.2, 0) is 9.59 Å². The molecule has 0 bridgehead atoms. The quantitative estimate of drug-likeness (QED) is 0.661. The second-order valence-electron chi connectivity index (χ2n) is 5.25. The number of aliphatic hydroxyl groups excluding tert-OH is 1. The first-order chi connectivity index (χ1) is 9.40. The van der Waals surface area contributed by atoms with Gasteiger partial charge in [0.1, 0.15) is 6.61 Å². The van der Waals surface area contributed by atoms with Crippen LogP contribution in [0, 0.1) is 23.2 Å². The zero-order valence-electron chi connectivity index (χ0n) is 11.6. The molecule has 0 radical (unpaired) electrons. The van der Waals surface area contributed by atoms with Crippen molar-refractivity contribution in [3.8, 4) is 11.8 Å². The topological polar surface area (TPSA) is 70.5 Å².